The largest absolute Gasteiger partial charge is 0.355 e. The van der Waals surface area contributed by atoms with Gasteiger partial charge in [-0.3, -0.25) is 9.00 Å². The summed E-state index contributed by atoms with van der Waals surface area (Å²) < 4.78 is 24.6. The average molecular weight is 306 g/mol. The van der Waals surface area contributed by atoms with Crippen LogP contribution in [0.1, 0.15) is 19.4 Å². The molecule has 0 aliphatic rings. The minimum Gasteiger partial charge on any atom is -0.355 e. The van der Waals surface area contributed by atoms with E-state index in [1.54, 1.807) is 0 Å². The van der Waals surface area contributed by atoms with Crippen molar-refractivity contribution in [3.05, 3.63) is 34.6 Å². The Balaban J connectivity index is 2.49. The minimum atomic E-state index is -1.35. The monoisotopic (exact) mass is 305 g/mol. The Kier molecular flexibility index (Phi) is 6.45. The van der Waals surface area contributed by atoms with Crippen LogP contribution < -0.4 is 5.32 Å². The van der Waals surface area contributed by atoms with Gasteiger partial charge < -0.3 is 5.32 Å². The molecule has 3 nitrogen and oxygen atoms in total. The fourth-order valence-corrected chi connectivity index (χ4v) is 2.79. The molecule has 1 unspecified atom stereocenters. The number of carbonyl (C=O) groups is 1. The number of carbonyl (C=O) groups excluding carboxylic acids is 1. The molecule has 0 saturated carbocycles. The first kappa shape index (κ1) is 16.1. The van der Waals surface area contributed by atoms with E-state index in [-0.39, 0.29) is 22.4 Å². The van der Waals surface area contributed by atoms with Crippen molar-refractivity contribution in [3.63, 3.8) is 0 Å². The molecule has 0 spiro atoms. The van der Waals surface area contributed by atoms with Crippen molar-refractivity contribution in [2.24, 2.45) is 5.92 Å². The zero-order valence-electron chi connectivity index (χ0n) is 10.9. The van der Waals surface area contributed by atoms with Gasteiger partial charge in [0.05, 0.1) is 5.75 Å². The fraction of sp³-hybridized carbons (Fsp3) is 0.462. The van der Waals surface area contributed by atoms with Gasteiger partial charge >= 0.3 is 0 Å². The summed E-state index contributed by atoms with van der Waals surface area (Å²) in [5.41, 5.74) is 0.582. The van der Waals surface area contributed by atoms with E-state index in [9.17, 15) is 13.4 Å². The Bertz CT molecular complexity index is 480. The van der Waals surface area contributed by atoms with Crippen LogP contribution in [0.4, 0.5) is 4.39 Å². The lowest BCUT2D eigenvalue weighted by Crippen LogP contribution is -2.31. The molecule has 1 atom stereocenters. The number of hydrogen-bond donors (Lipinski definition) is 1. The Hall–Kier alpha value is -0.940. The van der Waals surface area contributed by atoms with Crippen molar-refractivity contribution in [1.29, 1.82) is 0 Å². The van der Waals surface area contributed by atoms with E-state index in [2.05, 4.69) is 5.32 Å². The zero-order valence-corrected chi connectivity index (χ0v) is 12.5. The van der Waals surface area contributed by atoms with E-state index < -0.39 is 16.6 Å². The molecule has 106 valence electrons. The molecular formula is C13H17ClFNO2S. The molecule has 1 aromatic rings. The number of nitrogens with one attached hydrogen (secondary N) is 1. The highest BCUT2D eigenvalue weighted by Gasteiger charge is 2.11. The van der Waals surface area contributed by atoms with Gasteiger partial charge in [-0.15, -0.1) is 0 Å². The molecule has 1 rings (SSSR count). The fourth-order valence-electron chi connectivity index (χ4n) is 1.38. The van der Waals surface area contributed by atoms with Crippen LogP contribution in [0.25, 0.3) is 0 Å². The Labute approximate surface area is 120 Å². The average Bonchev–Trinajstić information content (AvgIpc) is 2.30. The predicted octanol–water partition coefficient (Wildman–Crippen LogP) is 2.50. The number of rotatable bonds is 6. The second-order valence-electron chi connectivity index (χ2n) is 4.66. The van der Waals surface area contributed by atoms with Crippen molar-refractivity contribution >= 4 is 28.3 Å². The highest BCUT2D eigenvalue weighted by Crippen LogP contribution is 2.18. The third kappa shape index (κ3) is 6.16. The normalized spacial score (nSPS) is 12.5. The van der Waals surface area contributed by atoms with Crippen LogP contribution in [0.3, 0.4) is 0 Å². The Morgan fingerprint density at radius 1 is 1.47 bits per heavy atom. The zero-order chi connectivity index (χ0) is 14.4. The number of benzene rings is 1. The lowest BCUT2D eigenvalue weighted by atomic mass is 10.2. The van der Waals surface area contributed by atoms with E-state index in [1.807, 2.05) is 13.8 Å². The molecule has 19 heavy (non-hydrogen) atoms. The van der Waals surface area contributed by atoms with Crippen LogP contribution >= 0.6 is 11.6 Å². The summed E-state index contributed by atoms with van der Waals surface area (Å²) in [6.45, 7) is 4.53. The standard InChI is InChI=1S/C13H17ClFNO2S/c1-9(2)6-16-13(17)8-19(18)7-10-3-4-11(15)5-12(10)14/h3-5,9H,6-8H2,1-2H3,(H,16,17). The van der Waals surface area contributed by atoms with Crippen molar-refractivity contribution in [1.82, 2.24) is 5.32 Å². The summed E-state index contributed by atoms with van der Waals surface area (Å²) in [4.78, 5) is 11.5. The maximum Gasteiger partial charge on any atom is 0.232 e. The third-order valence-corrected chi connectivity index (χ3v) is 3.90. The summed E-state index contributed by atoms with van der Waals surface area (Å²) >= 11 is 5.84. The summed E-state index contributed by atoms with van der Waals surface area (Å²) in [7, 11) is -1.35. The first-order valence-electron chi connectivity index (χ1n) is 5.94. The smallest absolute Gasteiger partial charge is 0.232 e. The second-order valence-corrected chi connectivity index (χ2v) is 6.53. The molecule has 0 aliphatic carbocycles. The third-order valence-electron chi connectivity index (χ3n) is 2.33. The van der Waals surface area contributed by atoms with Crippen LogP contribution in [-0.2, 0) is 21.3 Å². The van der Waals surface area contributed by atoms with Crippen LogP contribution in [0.2, 0.25) is 5.02 Å². The summed E-state index contributed by atoms with van der Waals surface area (Å²) in [5, 5.41) is 2.93. The molecule has 0 aliphatic heterocycles. The van der Waals surface area contributed by atoms with E-state index in [4.69, 9.17) is 11.6 Å². The van der Waals surface area contributed by atoms with Gasteiger partial charge in [-0.25, -0.2) is 4.39 Å². The van der Waals surface area contributed by atoms with E-state index in [0.29, 0.717) is 18.0 Å². The first-order chi connectivity index (χ1) is 8.88. The van der Waals surface area contributed by atoms with Crippen molar-refractivity contribution in [3.8, 4) is 0 Å². The Morgan fingerprint density at radius 3 is 2.74 bits per heavy atom. The van der Waals surface area contributed by atoms with Crippen molar-refractivity contribution < 1.29 is 13.4 Å². The maximum atomic E-state index is 12.8. The molecule has 0 fully saturated rings. The molecule has 1 aromatic carbocycles. The van der Waals surface area contributed by atoms with Gasteiger partial charge in [0, 0.05) is 22.4 Å². The van der Waals surface area contributed by atoms with Crippen molar-refractivity contribution in [2.45, 2.75) is 19.6 Å². The quantitative estimate of drug-likeness (QED) is 0.878. The molecule has 0 aromatic heterocycles. The van der Waals surface area contributed by atoms with Gasteiger partial charge in [0.25, 0.3) is 0 Å². The van der Waals surface area contributed by atoms with Gasteiger partial charge in [0.2, 0.25) is 5.91 Å². The molecule has 1 N–H and O–H groups in total. The molecule has 6 heteroatoms. The van der Waals surface area contributed by atoms with Gasteiger partial charge in [0.1, 0.15) is 11.6 Å². The number of amides is 1. The first-order valence-corrected chi connectivity index (χ1v) is 7.80. The maximum absolute atomic E-state index is 12.8. The minimum absolute atomic E-state index is 0.0690. The van der Waals surface area contributed by atoms with Gasteiger partial charge in [-0.2, -0.15) is 0 Å². The lowest BCUT2D eigenvalue weighted by molar-refractivity contribution is -0.118. The van der Waals surface area contributed by atoms with Crippen molar-refractivity contribution in [2.75, 3.05) is 12.3 Å². The molecule has 0 heterocycles. The molecule has 0 radical (unpaired) electrons. The van der Waals surface area contributed by atoms with E-state index >= 15 is 0 Å². The summed E-state index contributed by atoms with van der Waals surface area (Å²) in [6.07, 6.45) is 0. The second kappa shape index (κ2) is 7.60. The van der Waals surface area contributed by atoms with Crippen LogP contribution in [-0.4, -0.2) is 22.4 Å². The van der Waals surface area contributed by atoms with Crippen LogP contribution in [0.5, 0.6) is 0 Å². The Morgan fingerprint density at radius 2 is 2.16 bits per heavy atom. The van der Waals surface area contributed by atoms with Gasteiger partial charge in [-0.05, 0) is 23.6 Å². The number of hydrogen-bond acceptors (Lipinski definition) is 2. The van der Waals surface area contributed by atoms with Crippen LogP contribution in [0, 0.1) is 11.7 Å². The van der Waals surface area contributed by atoms with E-state index in [1.165, 1.54) is 18.2 Å². The molecule has 1 amide bonds. The van der Waals surface area contributed by atoms with Gasteiger partial charge in [-0.1, -0.05) is 31.5 Å². The predicted molar refractivity (Wildman–Crippen MR) is 76.0 cm³/mol. The lowest BCUT2D eigenvalue weighted by Gasteiger charge is -2.08. The van der Waals surface area contributed by atoms with Gasteiger partial charge in [0.15, 0.2) is 0 Å². The molecule has 0 saturated heterocycles. The SMILES string of the molecule is CC(C)CNC(=O)CS(=O)Cc1ccc(F)cc1Cl. The summed E-state index contributed by atoms with van der Waals surface area (Å²) in [6, 6.07) is 3.92. The van der Waals surface area contributed by atoms with E-state index in [0.717, 1.165) is 0 Å². The number of halogens is 2. The highest BCUT2D eigenvalue weighted by atomic mass is 35.5. The highest BCUT2D eigenvalue weighted by molar-refractivity contribution is 7.84. The van der Waals surface area contributed by atoms with Crippen LogP contribution in [0.15, 0.2) is 18.2 Å². The topological polar surface area (TPSA) is 46.2 Å². The molecule has 0 bridgehead atoms. The summed E-state index contributed by atoms with van der Waals surface area (Å²) in [5.74, 6) is -0.252. The molecular weight excluding hydrogens is 289 g/mol.